The van der Waals surface area contributed by atoms with Crippen LogP contribution in [-0.4, -0.2) is 16.9 Å². The van der Waals surface area contributed by atoms with Crippen LogP contribution in [0, 0.1) is 0 Å². The zero-order valence-corrected chi connectivity index (χ0v) is 10.9. The maximum atomic E-state index is 13.6. The van der Waals surface area contributed by atoms with E-state index >= 15 is 0 Å². The van der Waals surface area contributed by atoms with Gasteiger partial charge in [0, 0.05) is 24.2 Å². The summed E-state index contributed by atoms with van der Waals surface area (Å²) in [6.45, 7) is 3.84. The van der Waals surface area contributed by atoms with E-state index in [9.17, 15) is 13.6 Å². The lowest BCUT2D eigenvalue weighted by molar-refractivity contribution is -0.00688. The third-order valence-corrected chi connectivity index (χ3v) is 3.19. The Morgan fingerprint density at radius 2 is 2.32 bits per heavy atom. The van der Waals surface area contributed by atoms with Crippen molar-refractivity contribution in [3.05, 3.63) is 35.2 Å². The molecule has 0 bridgehead atoms. The van der Waals surface area contributed by atoms with E-state index in [0.29, 0.717) is 11.1 Å². The van der Waals surface area contributed by atoms with Crippen molar-refractivity contribution in [3.8, 4) is 0 Å². The molecular formula is C14H16F2N2O. The van der Waals surface area contributed by atoms with Gasteiger partial charge in [-0.2, -0.15) is 8.78 Å². The molecule has 0 fully saturated rings. The van der Waals surface area contributed by atoms with Gasteiger partial charge in [0.05, 0.1) is 5.56 Å². The molecule has 1 aliphatic carbocycles. The molecule has 1 aromatic rings. The zero-order valence-electron chi connectivity index (χ0n) is 10.9. The van der Waals surface area contributed by atoms with Crippen LogP contribution in [0.25, 0.3) is 6.08 Å². The number of nitrogens with zero attached hydrogens (tertiary/aromatic N) is 1. The van der Waals surface area contributed by atoms with Crippen LogP contribution in [0.1, 0.15) is 48.3 Å². The van der Waals surface area contributed by atoms with Gasteiger partial charge in [-0.3, -0.25) is 9.78 Å². The van der Waals surface area contributed by atoms with Gasteiger partial charge in [0.2, 0.25) is 0 Å². The zero-order chi connectivity index (χ0) is 14.0. The summed E-state index contributed by atoms with van der Waals surface area (Å²) in [5, 5.41) is 2.78. The molecule has 0 saturated heterocycles. The Labute approximate surface area is 110 Å². The summed E-state index contributed by atoms with van der Waals surface area (Å²) < 4.78 is 27.2. The maximum Gasteiger partial charge on any atom is 0.293 e. The quantitative estimate of drug-likeness (QED) is 0.913. The van der Waals surface area contributed by atoms with Gasteiger partial charge in [-0.25, -0.2) is 0 Å². The van der Waals surface area contributed by atoms with Crippen LogP contribution in [-0.2, 0) is 5.92 Å². The van der Waals surface area contributed by atoms with Crippen molar-refractivity contribution in [2.24, 2.45) is 0 Å². The number of carbonyl (C=O) groups is 1. The standard InChI is InChI=1S/C14H16F2N2O/c1-3-9(2)18-13(19)11-7-10-5-4-6-14(15,16)12(10)17-8-11/h4-5,7-9H,3,6H2,1-2H3,(H,18,19)/t9-/m1/s1. The Balaban J connectivity index is 2.28. The predicted octanol–water partition coefficient (Wildman–Crippen LogP) is 3.12. The first-order chi connectivity index (χ1) is 8.94. The fourth-order valence-electron chi connectivity index (χ4n) is 1.88. The molecule has 0 aliphatic heterocycles. The minimum Gasteiger partial charge on any atom is -0.350 e. The van der Waals surface area contributed by atoms with E-state index in [0.717, 1.165) is 6.42 Å². The van der Waals surface area contributed by atoms with Gasteiger partial charge in [0.25, 0.3) is 11.8 Å². The number of allylic oxidation sites excluding steroid dienone is 1. The molecule has 0 radical (unpaired) electrons. The number of hydrogen-bond donors (Lipinski definition) is 1. The van der Waals surface area contributed by atoms with E-state index < -0.39 is 5.92 Å². The molecule has 1 N–H and O–H groups in total. The highest BCUT2D eigenvalue weighted by Crippen LogP contribution is 2.37. The largest absolute Gasteiger partial charge is 0.350 e. The molecule has 0 saturated carbocycles. The first kappa shape index (κ1) is 13.6. The second kappa shape index (κ2) is 5.07. The SMILES string of the molecule is CC[C@@H](C)NC(=O)c1cnc2c(c1)C=CCC2(F)F. The Morgan fingerprint density at radius 3 is 3.00 bits per heavy atom. The lowest BCUT2D eigenvalue weighted by Crippen LogP contribution is -2.32. The van der Waals surface area contributed by atoms with Crippen molar-refractivity contribution in [2.75, 3.05) is 0 Å². The first-order valence-corrected chi connectivity index (χ1v) is 6.30. The first-order valence-electron chi connectivity index (χ1n) is 6.30. The van der Waals surface area contributed by atoms with E-state index in [1.54, 1.807) is 6.08 Å². The molecule has 1 aromatic heterocycles. The van der Waals surface area contributed by atoms with Crippen molar-refractivity contribution in [1.82, 2.24) is 10.3 Å². The van der Waals surface area contributed by atoms with Crippen molar-refractivity contribution < 1.29 is 13.6 Å². The lowest BCUT2D eigenvalue weighted by atomic mass is 9.98. The van der Waals surface area contributed by atoms with Crippen LogP contribution in [0.2, 0.25) is 0 Å². The van der Waals surface area contributed by atoms with E-state index in [1.807, 2.05) is 13.8 Å². The molecule has 1 aliphatic rings. The van der Waals surface area contributed by atoms with Crippen molar-refractivity contribution in [1.29, 1.82) is 0 Å². The fraction of sp³-hybridized carbons (Fsp3) is 0.429. The van der Waals surface area contributed by atoms with Crippen molar-refractivity contribution in [2.45, 2.75) is 38.7 Å². The smallest absolute Gasteiger partial charge is 0.293 e. The van der Waals surface area contributed by atoms with Crippen LogP contribution in [0.4, 0.5) is 8.78 Å². The Kier molecular flexibility index (Phi) is 3.64. The van der Waals surface area contributed by atoms with E-state index in [1.165, 1.54) is 18.3 Å². The number of hydrogen-bond acceptors (Lipinski definition) is 2. The average Bonchev–Trinajstić information content (AvgIpc) is 2.37. The van der Waals surface area contributed by atoms with Crippen LogP contribution in [0.5, 0.6) is 0 Å². The fourth-order valence-corrected chi connectivity index (χ4v) is 1.88. The number of pyridine rings is 1. The molecule has 0 spiro atoms. The molecule has 102 valence electrons. The molecule has 2 rings (SSSR count). The van der Waals surface area contributed by atoms with Gasteiger partial charge >= 0.3 is 0 Å². The van der Waals surface area contributed by atoms with Gasteiger partial charge in [-0.15, -0.1) is 0 Å². The highest BCUT2D eigenvalue weighted by molar-refractivity contribution is 5.94. The summed E-state index contributed by atoms with van der Waals surface area (Å²) in [5.74, 6) is -3.23. The number of carbonyl (C=O) groups excluding carboxylic acids is 1. The number of rotatable bonds is 3. The lowest BCUT2D eigenvalue weighted by Gasteiger charge is -2.20. The van der Waals surface area contributed by atoms with Crippen molar-refractivity contribution >= 4 is 12.0 Å². The second-order valence-corrected chi connectivity index (χ2v) is 4.76. The molecular weight excluding hydrogens is 250 g/mol. The number of aromatic nitrogens is 1. The van der Waals surface area contributed by atoms with Gasteiger partial charge in [0.15, 0.2) is 0 Å². The molecule has 1 atom stereocenters. The highest BCUT2D eigenvalue weighted by Gasteiger charge is 2.36. The second-order valence-electron chi connectivity index (χ2n) is 4.76. The monoisotopic (exact) mass is 266 g/mol. The normalized spacial score (nSPS) is 17.7. The Hall–Kier alpha value is -1.78. The van der Waals surface area contributed by atoms with E-state index in [-0.39, 0.29) is 24.1 Å². The number of amides is 1. The predicted molar refractivity (Wildman–Crippen MR) is 69.0 cm³/mol. The average molecular weight is 266 g/mol. The molecule has 0 unspecified atom stereocenters. The summed E-state index contributed by atoms with van der Waals surface area (Å²) in [4.78, 5) is 15.7. The van der Waals surface area contributed by atoms with Crippen LogP contribution in [0.15, 0.2) is 18.3 Å². The number of nitrogens with one attached hydrogen (secondary N) is 1. The van der Waals surface area contributed by atoms with E-state index in [4.69, 9.17) is 0 Å². The summed E-state index contributed by atoms with van der Waals surface area (Å²) in [5.41, 5.74) is 0.365. The topological polar surface area (TPSA) is 42.0 Å². The minimum atomic E-state index is -2.95. The minimum absolute atomic E-state index is 0.0421. The Morgan fingerprint density at radius 1 is 1.58 bits per heavy atom. The highest BCUT2D eigenvalue weighted by atomic mass is 19.3. The van der Waals surface area contributed by atoms with Gasteiger partial charge < -0.3 is 5.32 Å². The van der Waals surface area contributed by atoms with Gasteiger partial charge in [0.1, 0.15) is 5.69 Å². The summed E-state index contributed by atoms with van der Waals surface area (Å²) in [7, 11) is 0. The molecule has 19 heavy (non-hydrogen) atoms. The molecule has 0 aromatic carbocycles. The van der Waals surface area contributed by atoms with E-state index in [2.05, 4.69) is 10.3 Å². The van der Waals surface area contributed by atoms with Crippen LogP contribution >= 0.6 is 0 Å². The Bertz CT molecular complexity index is 526. The summed E-state index contributed by atoms with van der Waals surface area (Å²) in [6.07, 6.45) is 4.66. The third kappa shape index (κ3) is 2.80. The molecule has 1 heterocycles. The van der Waals surface area contributed by atoms with Gasteiger partial charge in [-0.05, 0) is 19.4 Å². The summed E-state index contributed by atoms with van der Waals surface area (Å²) >= 11 is 0. The van der Waals surface area contributed by atoms with Crippen LogP contribution < -0.4 is 5.32 Å². The number of halogens is 2. The third-order valence-electron chi connectivity index (χ3n) is 3.19. The van der Waals surface area contributed by atoms with Crippen molar-refractivity contribution in [3.63, 3.8) is 0 Å². The van der Waals surface area contributed by atoms with Gasteiger partial charge in [-0.1, -0.05) is 19.1 Å². The summed E-state index contributed by atoms with van der Waals surface area (Å²) in [6, 6.07) is 1.50. The molecule has 5 heteroatoms. The molecule has 1 amide bonds. The molecule has 3 nitrogen and oxygen atoms in total. The number of alkyl halides is 2. The van der Waals surface area contributed by atoms with Crippen LogP contribution in [0.3, 0.4) is 0 Å². The maximum absolute atomic E-state index is 13.6. The number of fused-ring (bicyclic) bond motifs is 1.